The Labute approximate surface area is 147 Å². The summed E-state index contributed by atoms with van der Waals surface area (Å²) in [5.41, 5.74) is 1.43. The summed E-state index contributed by atoms with van der Waals surface area (Å²) < 4.78 is 14.7. The molecule has 1 fully saturated rings. The number of amides is 1. The Morgan fingerprint density at radius 3 is 2.83 bits per heavy atom. The van der Waals surface area contributed by atoms with Crippen LogP contribution in [0.5, 0.6) is 0 Å². The normalized spacial score (nSPS) is 17.1. The zero-order valence-corrected chi connectivity index (χ0v) is 14.2. The van der Waals surface area contributed by atoms with Crippen molar-refractivity contribution >= 4 is 18.3 Å². The Morgan fingerprint density at radius 1 is 1.33 bits per heavy atom. The van der Waals surface area contributed by atoms with E-state index in [9.17, 15) is 9.18 Å². The fourth-order valence-electron chi connectivity index (χ4n) is 2.78. The van der Waals surface area contributed by atoms with E-state index < -0.39 is 0 Å². The molecule has 130 valence electrons. The fourth-order valence-corrected chi connectivity index (χ4v) is 2.78. The van der Waals surface area contributed by atoms with Crippen molar-refractivity contribution in [2.24, 2.45) is 0 Å². The quantitative estimate of drug-likeness (QED) is 0.868. The molecule has 3 rings (SSSR count). The molecular formula is C17H22ClFN4O. The number of halogens is 2. The van der Waals surface area contributed by atoms with Crippen molar-refractivity contribution < 1.29 is 9.18 Å². The maximum absolute atomic E-state index is 12.8. The average molecular weight is 353 g/mol. The van der Waals surface area contributed by atoms with Crippen molar-refractivity contribution in [3.05, 3.63) is 53.6 Å². The Balaban J connectivity index is 0.00000208. The summed E-state index contributed by atoms with van der Waals surface area (Å²) in [7, 11) is 0. The van der Waals surface area contributed by atoms with Crippen molar-refractivity contribution in [3.8, 4) is 0 Å². The molecule has 1 atom stereocenters. The van der Waals surface area contributed by atoms with Gasteiger partial charge in [0.1, 0.15) is 11.5 Å². The Morgan fingerprint density at radius 2 is 2.12 bits per heavy atom. The summed E-state index contributed by atoms with van der Waals surface area (Å²) in [4.78, 5) is 12.1. The second kappa shape index (κ2) is 8.80. The lowest BCUT2D eigenvalue weighted by Gasteiger charge is -2.22. The number of nitrogens with zero attached hydrogens (tertiary/aromatic N) is 2. The number of aromatic nitrogens is 2. The second-order valence-electron chi connectivity index (χ2n) is 5.81. The monoisotopic (exact) mass is 352 g/mol. The molecule has 24 heavy (non-hydrogen) atoms. The number of benzene rings is 1. The molecule has 0 aliphatic carbocycles. The number of hydrogen-bond donors (Lipinski definition) is 2. The van der Waals surface area contributed by atoms with E-state index in [-0.39, 0.29) is 24.1 Å². The number of hydrogen-bond acceptors (Lipinski definition) is 3. The number of rotatable bonds is 5. The summed E-state index contributed by atoms with van der Waals surface area (Å²) in [5, 5.41) is 10.6. The summed E-state index contributed by atoms with van der Waals surface area (Å²) in [5.74, 6) is -0.421. The first-order valence-electron chi connectivity index (χ1n) is 8.01. The molecule has 1 unspecified atom stereocenters. The highest BCUT2D eigenvalue weighted by atomic mass is 35.5. The van der Waals surface area contributed by atoms with Crippen LogP contribution < -0.4 is 10.6 Å². The fraction of sp³-hybridized carbons (Fsp3) is 0.412. The van der Waals surface area contributed by atoms with E-state index in [1.807, 2.05) is 10.9 Å². The zero-order valence-electron chi connectivity index (χ0n) is 13.4. The maximum Gasteiger partial charge on any atom is 0.271 e. The first-order chi connectivity index (χ1) is 11.2. The summed E-state index contributed by atoms with van der Waals surface area (Å²) in [6.07, 6.45) is 4.75. The van der Waals surface area contributed by atoms with Gasteiger partial charge in [-0.25, -0.2) is 4.39 Å². The van der Waals surface area contributed by atoms with E-state index >= 15 is 0 Å². The van der Waals surface area contributed by atoms with Crippen LogP contribution in [0.3, 0.4) is 0 Å². The predicted octanol–water partition coefficient (Wildman–Crippen LogP) is 2.34. The molecule has 0 spiro atoms. The van der Waals surface area contributed by atoms with Gasteiger partial charge in [-0.2, -0.15) is 5.10 Å². The average Bonchev–Trinajstić information content (AvgIpc) is 3.07. The van der Waals surface area contributed by atoms with Crippen molar-refractivity contribution in [3.63, 3.8) is 0 Å². The van der Waals surface area contributed by atoms with Crippen LogP contribution in [0, 0.1) is 5.82 Å². The van der Waals surface area contributed by atoms with E-state index in [2.05, 4.69) is 15.7 Å². The van der Waals surface area contributed by atoms with Gasteiger partial charge in [0.05, 0.1) is 6.04 Å². The van der Waals surface area contributed by atoms with Crippen molar-refractivity contribution in [2.45, 2.75) is 25.3 Å². The van der Waals surface area contributed by atoms with E-state index in [4.69, 9.17) is 0 Å². The van der Waals surface area contributed by atoms with Gasteiger partial charge in [0, 0.05) is 19.3 Å². The van der Waals surface area contributed by atoms with Crippen LogP contribution in [0.2, 0.25) is 0 Å². The molecular weight excluding hydrogens is 331 g/mol. The highest BCUT2D eigenvalue weighted by molar-refractivity contribution is 5.92. The third-order valence-electron chi connectivity index (χ3n) is 4.10. The second-order valence-corrected chi connectivity index (χ2v) is 5.81. The van der Waals surface area contributed by atoms with Gasteiger partial charge in [-0.05, 0) is 49.6 Å². The molecule has 2 N–H and O–H groups in total. The predicted molar refractivity (Wildman–Crippen MR) is 93.1 cm³/mol. The highest BCUT2D eigenvalue weighted by Crippen LogP contribution is 2.15. The van der Waals surface area contributed by atoms with Gasteiger partial charge in [-0.15, -0.1) is 12.4 Å². The summed E-state index contributed by atoms with van der Waals surface area (Å²) in [6, 6.07) is 8.39. The van der Waals surface area contributed by atoms with Crippen molar-refractivity contribution in [2.75, 3.05) is 19.6 Å². The number of carbonyl (C=O) groups excluding carboxylic acids is 1. The minimum absolute atomic E-state index is 0. The molecule has 0 bridgehead atoms. The molecule has 0 radical (unpaired) electrons. The molecule has 1 saturated heterocycles. The third kappa shape index (κ3) is 4.79. The molecule has 1 amide bonds. The van der Waals surface area contributed by atoms with Gasteiger partial charge in [-0.1, -0.05) is 12.1 Å². The SMILES string of the molecule is Cl.O=C(NCCc1ccc(F)cc1)c1ccn(C2CCCNC2)n1. The number of nitrogens with one attached hydrogen (secondary N) is 2. The molecule has 0 saturated carbocycles. The Bertz CT molecular complexity index is 653. The molecule has 2 aromatic rings. The summed E-state index contributed by atoms with van der Waals surface area (Å²) >= 11 is 0. The van der Waals surface area contributed by atoms with Gasteiger partial charge in [-0.3, -0.25) is 9.48 Å². The highest BCUT2D eigenvalue weighted by Gasteiger charge is 2.17. The summed E-state index contributed by atoms with van der Waals surface area (Å²) in [6.45, 7) is 2.45. The van der Waals surface area contributed by atoms with E-state index in [0.717, 1.165) is 31.5 Å². The molecule has 5 nitrogen and oxygen atoms in total. The third-order valence-corrected chi connectivity index (χ3v) is 4.10. The molecule has 1 aromatic heterocycles. The standard InChI is InChI=1S/C17H21FN4O.ClH/c18-14-5-3-13(4-6-14)7-10-20-17(23)16-8-11-22(21-16)15-2-1-9-19-12-15;/h3-6,8,11,15,19H,1-2,7,9-10,12H2,(H,20,23);1H. The largest absolute Gasteiger partial charge is 0.350 e. The van der Waals surface area contributed by atoms with E-state index in [0.29, 0.717) is 24.7 Å². The molecule has 7 heteroatoms. The van der Waals surface area contributed by atoms with Gasteiger partial charge in [0.25, 0.3) is 5.91 Å². The van der Waals surface area contributed by atoms with Gasteiger partial charge in [0.15, 0.2) is 0 Å². The van der Waals surface area contributed by atoms with Crippen LogP contribution in [0.15, 0.2) is 36.5 Å². The van der Waals surface area contributed by atoms with Crippen LogP contribution in [-0.2, 0) is 6.42 Å². The first-order valence-corrected chi connectivity index (χ1v) is 8.01. The van der Waals surface area contributed by atoms with Crippen molar-refractivity contribution in [1.29, 1.82) is 0 Å². The Hall–Kier alpha value is -1.92. The first kappa shape index (κ1) is 18.4. The molecule has 1 aromatic carbocycles. The van der Waals surface area contributed by atoms with Gasteiger partial charge in [0.2, 0.25) is 0 Å². The topological polar surface area (TPSA) is 59.0 Å². The maximum atomic E-state index is 12.8. The molecule has 2 heterocycles. The lowest BCUT2D eigenvalue weighted by atomic mass is 10.1. The van der Waals surface area contributed by atoms with Crippen LogP contribution in [0.25, 0.3) is 0 Å². The minimum Gasteiger partial charge on any atom is -0.350 e. The Kier molecular flexibility index (Phi) is 6.75. The van der Waals surface area contributed by atoms with Crippen LogP contribution in [-0.4, -0.2) is 35.3 Å². The lowest BCUT2D eigenvalue weighted by Crippen LogP contribution is -2.32. The van der Waals surface area contributed by atoms with Crippen molar-refractivity contribution in [1.82, 2.24) is 20.4 Å². The smallest absolute Gasteiger partial charge is 0.271 e. The number of piperidine rings is 1. The lowest BCUT2D eigenvalue weighted by molar-refractivity contribution is 0.0947. The van der Waals surface area contributed by atoms with Gasteiger partial charge >= 0.3 is 0 Å². The number of carbonyl (C=O) groups is 1. The molecule has 1 aliphatic rings. The van der Waals surface area contributed by atoms with Crippen LogP contribution in [0.4, 0.5) is 4.39 Å². The molecule has 1 aliphatic heterocycles. The van der Waals surface area contributed by atoms with Crippen LogP contribution in [0.1, 0.15) is 34.9 Å². The minimum atomic E-state index is -0.250. The zero-order chi connectivity index (χ0) is 16.1. The van der Waals surface area contributed by atoms with E-state index in [1.54, 1.807) is 18.2 Å². The van der Waals surface area contributed by atoms with Gasteiger partial charge < -0.3 is 10.6 Å². The van der Waals surface area contributed by atoms with E-state index in [1.165, 1.54) is 12.1 Å². The van der Waals surface area contributed by atoms with Crippen LogP contribution >= 0.6 is 12.4 Å².